The van der Waals surface area contributed by atoms with Crippen LogP contribution in [-0.2, 0) is 17.6 Å². The molecule has 0 spiro atoms. The van der Waals surface area contributed by atoms with Crippen molar-refractivity contribution in [1.82, 2.24) is 9.97 Å². The molecule has 0 radical (unpaired) electrons. The Morgan fingerprint density at radius 3 is 2.03 bits per heavy atom. The van der Waals surface area contributed by atoms with Crippen molar-refractivity contribution in [2.24, 2.45) is 0 Å². The van der Waals surface area contributed by atoms with Crippen LogP contribution in [0.4, 0.5) is 22.0 Å². The number of rotatable bonds is 7. The molecule has 1 N–H and O–H groups in total. The summed E-state index contributed by atoms with van der Waals surface area (Å²) in [4.78, 5) is 30.4. The predicted molar refractivity (Wildman–Crippen MR) is 97.0 cm³/mol. The van der Waals surface area contributed by atoms with Gasteiger partial charge in [-0.3, -0.25) is 9.59 Å². The van der Waals surface area contributed by atoms with Gasteiger partial charge in [-0.2, -0.15) is 0 Å². The van der Waals surface area contributed by atoms with Gasteiger partial charge in [0.2, 0.25) is 11.6 Å². The van der Waals surface area contributed by atoms with Gasteiger partial charge in [0.05, 0.1) is 0 Å². The number of nitrogens with one attached hydrogen (secondary N) is 1. The molecule has 154 valence electrons. The summed E-state index contributed by atoms with van der Waals surface area (Å²) < 4.78 is 66.9. The summed E-state index contributed by atoms with van der Waals surface area (Å²) in [5.74, 6) is -11.3. The third kappa shape index (κ3) is 4.51. The monoisotopic (exact) mass is 420 g/mol. The van der Waals surface area contributed by atoms with E-state index in [0.717, 1.165) is 0 Å². The molecule has 1 aromatic heterocycles. The van der Waals surface area contributed by atoms with Crippen LogP contribution in [0, 0.1) is 29.1 Å². The summed E-state index contributed by atoms with van der Waals surface area (Å²) in [5, 5.41) is 0. The minimum atomic E-state index is -2.27. The molecule has 0 fully saturated rings. The molecule has 3 rings (SSSR count). The third-order valence-electron chi connectivity index (χ3n) is 4.21. The van der Waals surface area contributed by atoms with Crippen molar-refractivity contribution >= 4 is 17.6 Å². The maximum atomic E-state index is 13.7. The lowest BCUT2D eigenvalue weighted by molar-refractivity contribution is -0.117. The zero-order valence-corrected chi connectivity index (χ0v) is 15.2. The lowest BCUT2D eigenvalue weighted by Crippen LogP contribution is -2.13. The highest BCUT2D eigenvalue weighted by Gasteiger charge is 2.26. The summed E-state index contributed by atoms with van der Waals surface area (Å²) >= 11 is 0. The molecule has 0 amide bonds. The summed E-state index contributed by atoms with van der Waals surface area (Å²) in [7, 11) is 0. The van der Waals surface area contributed by atoms with Gasteiger partial charge in [0.15, 0.2) is 29.1 Å². The first kappa shape index (κ1) is 21.1. The zero-order valence-electron chi connectivity index (χ0n) is 15.2. The molecule has 0 unspecified atom stereocenters. The Labute approximate surface area is 167 Å². The average Bonchev–Trinajstić information content (AvgIpc) is 3.28. The second kappa shape index (κ2) is 8.81. The number of aromatic nitrogens is 2. The van der Waals surface area contributed by atoms with E-state index in [1.54, 1.807) is 24.3 Å². The molecule has 30 heavy (non-hydrogen) atoms. The molecule has 0 saturated heterocycles. The molecule has 0 aliphatic rings. The number of imidazole rings is 1. The van der Waals surface area contributed by atoms with Gasteiger partial charge < -0.3 is 4.98 Å². The van der Waals surface area contributed by atoms with E-state index in [1.807, 2.05) is 0 Å². The number of ketones is 2. The van der Waals surface area contributed by atoms with Crippen molar-refractivity contribution < 1.29 is 31.5 Å². The van der Waals surface area contributed by atoms with Crippen LogP contribution in [0.1, 0.15) is 27.3 Å². The van der Waals surface area contributed by atoms with E-state index in [9.17, 15) is 31.5 Å². The molecule has 0 bridgehead atoms. The number of hydrogen-bond acceptors (Lipinski definition) is 3. The fraction of sp³-hybridized carbons (Fsp3) is 0.0952. The molecule has 9 heteroatoms. The second-order valence-electron chi connectivity index (χ2n) is 6.32. The minimum absolute atomic E-state index is 0.182. The Morgan fingerprint density at radius 2 is 1.47 bits per heavy atom. The van der Waals surface area contributed by atoms with Crippen LogP contribution in [0.2, 0.25) is 0 Å². The molecule has 3 aromatic rings. The number of allylic oxidation sites excluding steroid dienone is 1. The van der Waals surface area contributed by atoms with E-state index in [-0.39, 0.29) is 18.0 Å². The molecular formula is C21H13F5N2O2. The van der Waals surface area contributed by atoms with Crippen molar-refractivity contribution in [1.29, 1.82) is 0 Å². The second-order valence-corrected chi connectivity index (χ2v) is 6.32. The standard InChI is InChI=1S/C21H13F5N2O2/c22-16-14(17(23)19(25)20(26)18(16)24)10-13(29)9-12-3-1-11(2-4-12)5-6-15(30)21-27-7-8-28-21/h1-8H,9-10H2,(H,27,28)/b6-5+. The van der Waals surface area contributed by atoms with Crippen LogP contribution >= 0.6 is 0 Å². The number of Topliss-reactive ketones (excluding diaryl/α,β-unsaturated/α-hetero) is 1. The predicted octanol–water partition coefficient (Wildman–Crippen LogP) is 4.36. The van der Waals surface area contributed by atoms with Crippen molar-refractivity contribution in [3.63, 3.8) is 0 Å². The third-order valence-corrected chi connectivity index (χ3v) is 4.21. The molecular weight excluding hydrogens is 407 g/mol. The van der Waals surface area contributed by atoms with E-state index in [1.165, 1.54) is 24.5 Å². The topological polar surface area (TPSA) is 62.8 Å². The van der Waals surface area contributed by atoms with E-state index < -0.39 is 46.9 Å². The normalized spacial score (nSPS) is 11.2. The molecule has 0 atom stereocenters. The Kier molecular flexibility index (Phi) is 6.20. The van der Waals surface area contributed by atoms with E-state index in [4.69, 9.17) is 0 Å². The number of nitrogens with zero attached hydrogens (tertiary/aromatic N) is 1. The number of carbonyl (C=O) groups is 2. The van der Waals surface area contributed by atoms with Crippen LogP contribution in [-0.4, -0.2) is 21.5 Å². The van der Waals surface area contributed by atoms with Crippen LogP contribution < -0.4 is 0 Å². The quantitative estimate of drug-likeness (QED) is 0.203. The van der Waals surface area contributed by atoms with Crippen LogP contribution in [0.5, 0.6) is 0 Å². The van der Waals surface area contributed by atoms with Gasteiger partial charge in [0, 0.05) is 30.8 Å². The van der Waals surface area contributed by atoms with Crippen molar-refractivity contribution in [2.45, 2.75) is 12.8 Å². The fourth-order valence-electron chi connectivity index (χ4n) is 2.69. The van der Waals surface area contributed by atoms with Gasteiger partial charge in [-0.15, -0.1) is 0 Å². The van der Waals surface area contributed by atoms with Crippen molar-refractivity contribution in [3.05, 3.63) is 94.3 Å². The first-order valence-electron chi connectivity index (χ1n) is 8.60. The van der Waals surface area contributed by atoms with Crippen molar-refractivity contribution in [3.8, 4) is 0 Å². The van der Waals surface area contributed by atoms with Gasteiger partial charge in [0.1, 0.15) is 5.78 Å². The van der Waals surface area contributed by atoms with Crippen LogP contribution in [0.25, 0.3) is 6.08 Å². The number of hydrogen-bond donors (Lipinski definition) is 1. The summed E-state index contributed by atoms with van der Waals surface area (Å²) in [5.41, 5.74) is -0.0448. The summed E-state index contributed by atoms with van der Waals surface area (Å²) in [6, 6.07) is 6.31. The average molecular weight is 420 g/mol. The first-order valence-corrected chi connectivity index (χ1v) is 8.60. The smallest absolute Gasteiger partial charge is 0.221 e. The first-order chi connectivity index (χ1) is 14.3. The Bertz CT molecular complexity index is 1090. The number of aromatic amines is 1. The van der Waals surface area contributed by atoms with Gasteiger partial charge in [-0.05, 0) is 17.2 Å². The van der Waals surface area contributed by atoms with E-state index >= 15 is 0 Å². The highest BCUT2D eigenvalue weighted by molar-refractivity contribution is 6.04. The van der Waals surface area contributed by atoms with Crippen molar-refractivity contribution in [2.75, 3.05) is 0 Å². The molecule has 0 aliphatic carbocycles. The molecule has 0 aliphatic heterocycles. The largest absolute Gasteiger partial charge is 0.342 e. The molecule has 2 aromatic carbocycles. The minimum Gasteiger partial charge on any atom is -0.342 e. The highest BCUT2D eigenvalue weighted by Crippen LogP contribution is 2.24. The molecule has 1 heterocycles. The van der Waals surface area contributed by atoms with Crippen LogP contribution in [0.15, 0.2) is 42.7 Å². The number of carbonyl (C=O) groups excluding carboxylic acids is 2. The number of halogens is 5. The molecule has 0 saturated carbocycles. The lowest BCUT2D eigenvalue weighted by Gasteiger charge is -2.08. The van der Waals surface area contributed by atoms with Crippen LogP contribution in [0.3, 0.4) is 0 Å². The molecule has 4 nitrogen and oxygen atoms in total. The Balaban J connectivity index is 1.66. The van der Waals surface area contributed by atoms with Gasteiger partial charge in [-0.1, -0.05) is 30.3 Å². The van der Waals surface area contributed by atoms with Gasteiger partial charge in [-0.25, -0.2) is 26.9 Å². The Hall–Kier alpha value is -3.62. The van der Waals surface area contributed by atoms with E-state index in [0.29, 0.717) is 11.1 Å². The summed E-state index contributed by atoms with van der Waals surface area (Å²) in [6.07, 6.45) is 4.59. The lowest BCUT2D eigenvalue weighted by atomic mass is 10.0. The summed E-state index contributed by atoms with van der Waals surface area (Å²) in [6.45, 7) is 0. The SMILES string of the molecule is O=C(Cc1ccc(/C=C/C(=O)c2ncc[nH]2)cc1)Cc1c(F)c(F)c(F)c(F)c1F. The van der Waals surface area contributed by atoms with Gasteiger partial charge in [0.25, 0.3) is 0 Å². The number of H-pyrrole nitrogens is 1. The fourth-order valence-corrected chi connectivity index (χ4v) is 2.69. The zero-order chi connectivity index (χ0) is 21.8. The Morgan fingerprint density at radius 1 is 0.867 bits per heavy atom. The number of benzene rings is 2. The maximum absolute atomic E-state index is 13.7. The maximum Gasteiger partial charge on any atom is 0.221 e. The van der Waals surface area contributed by atoms with E-state index in [2.05, 4.69) is 9.97 Å². The highest BCUT2D eigenvalue weighted by atomic mass is 19.2. The van der Waals surface area contributed by atoms with Gasteiger partial charge >= 0.3 is 0 Å².